The van der Waals surface area contributed by atoms with Gasteiger partial charge in [-0.15, -0.1) is 0 Å². The van der Waals surface area contributed by atoms with Crippen molar-refractivity contribution < 1.29 is 4.79 Å². The van der Waals surface area contributed by atoms with Gasteiger partial charge in [0.15, 0.2) is 0 Å². The molecule has 0 aliphatic rings. The fourth-order valence-corrected chi connectivity index (χ4v) is 2.18. The molecule has 1 rings (SSSR count). The van der Waals surface area contributed by atoms with Crippen molar-refractivity contribution in [1.29, 1.82) is 0 Å². The second kappa shape index (κ2) is 10.7. The number of aromatic nitrogens is 1. The minimum Gasteiger partial charge on any atom is -0.352 e. The van der Waals surface area contributed by atoms with Crippen molar-refractivity contribution in [1.82, 2.24) is 10.3 Å². The number of amides is 1. The van der Waals surface area contributed by atoms with Gasteiger partial charge in [0.1, 0.15) is 5.15 Å². The van der Waals surface area contributed by atoms with Gasteiger partial charge in [0.25, 0.3) is 5.91 Å². The first-order valence-corrected chi connectivity index (χ1v) is 8.01. The van der Waals surface area contributed by atoms with E-state index in [9.17, 15) is 4.79 Å². The highest BCUT2D eigenvalue weighted by Crippen LogP contribution is 2.08. The number of rotatable bonds is 10. The van der Waals surface area contributed by atoms with Crippen LogP contribution in [0.2, 0.25) is 5.15 Å². The van der Waals surface area contributed by atoms with Crippen LogP contribution in [0.15, 0.2) is 18.3 Å². The Labute approximate surface area is 127 Å². The highest BCUT2D eigenvalue weighted by atomic mass is 35.5. The van der Waals surface area contributed by atoms with Crippen LogP contribution in [0.25, 0.3) is 0 Å². The number of carbonyl (C=O) groups excluding carboxylic acids is 1. The normalized spacial score (nSPS) is 10.5. The van der Waals surface area contributed by atoms with Crippen molar-refractivity contribution in [3.05, 3.63) is 29.0 Å². The Morgan fingerprint density at radius 3 is 2.35 bits per heavy atom. The van der Waals surface area contributed by atoms with Crippen LogP contribution in [0, 0.1) is 0 Å². The molecule has 3 nitrogen and oxygen atoms in total. The third-order valence-electron chi connectivity index (χ3n) is 3.31. The molecule has 20 heavy (non-hydrogen) atoms. The number of unbranched alkanes of at least 4 members (excludes halogenated alkanes) is 7. The van der Waals surface area contributed by atoms with E-state index in [1.807, 2.05) is 0 Å². The van der Waals surface area contributed by atoms with E-state index in [0.717, 1.165) is 13.0 Å². The van der Waals surface area contributed by atoms with E-state index in [1.165, 1.54) is 51.1 Å². The molecule has 0 radical (unpaired) electrons. The van der Waals surface area contributed by atoms with Gasteiger partial charge in [-0.2, -0.15) is 0 Å². The summed E-state index contributed by atoms with van der Waals surface area (Å²) >= 11 is 5.68. The molecule has 112 valence electrons. The third-order valence-corrected chi connectivity index (χ3v) is 3.53. The number of hydrogen-bond donors (Lipinski definition) is 1. The highest BCUT2D eigenvalue weighted by Gasteiger charge is 2.04. The van der Waals surface area contributed by atoms with Crippen LogP contribution >= 0.6 is 11.6 Å². The zero-order valence-electron chi connectivity index (χ0n) is 12.3. The van der Waals surface area contributed by atoms with Crippen molar-refractivity contribution in [2.45, 2.75) is 58.3 Å². The topological polar surface area (TPSA) is 42.0 Å². The molecule has 0 saturated carbocycles. The largest absolute Gasteiger partial charge is 0.352 e. The molecule has 0 bridgehead atoms. The molecule has 0 spiro atoms. The Morgan fingerprint density at radius 2 is 1.75 bits per heavy atom. The fourth-order valence-electron chi connectivity index (χ4n) is 2.07. The molecule has 1 amide bonds. The lowest BCUT2D eigenvalue weighted by atomic mass is 10.1. The van der Waals surface area contributed by atoms with Crippen LogP contribution in [0.4, 0.5) is 0 Å². The predicted octanol–water partition coefficient (Wildman–Crippen LogP) is 4.61. The van der Waals surface area contributed by atoms with Crippen molar-refractivity contribution >= 4 is 17.5 Å². The number of halogens is 1. The lowest BCUT2D eigenvalue weighted by Crippen LogP contribution is -2.24. The van der Waals surface area contributed by atoms with Gasteiger partial charge in [-0.1, -0.05) is 63.5 Å². The van der Waals surface area contributed by atoms with E-state index in [1.54, 1.807) is 12.1 Å². The number of nitrogens with zero attached hydrogens (tertiary/aromatic N) is 1. The average molecular weight is 297 g/mol. The zero-order valence-corrected chi connectivity index (χ0v) is 13.1. The van der Waals surface area contributed by atoms with E-state index in [2.05, 4.69) is 17.2 Å². The van der Waals surface area contributed by atoms with Crippen molar-refractivity contribution in [2.75, 3.05) is 6.54 Å². The molecule has 0 aliphatic carbocycles. The lowest BCUT2D eigenvalue weighted by Gasteiger charge is -2.05. The summed E-state index contributed by atoms with van der Waals surface area (Å²) in [4.78, 5) is 15.7. The van der Waals surface area contributed by atoms with Crippen molar-refractivity contribution in [2.24, 2.45) is 0 Å². The molecule has 0 unspecified atom stereocenters. The Bertz CT molecular complexity index is 379. The van der Waals surface area contributed by atoms with Gasteiger partial charge >= 0.3 is 0 Å². The fraction of sp³-hybridized carbons (Fsp3) is 0.625. The molecular formula is C16H25ClN2O. The third kappa shape index (κ3) is 7.49. The summed E-state index contributed by atoms with van der Waals surface area (Å²) in [6.45, 7) is 2.97. The first-order chi connectivity index (χ1) is 9.74. The van der Waals surface area contributed by atoms with Gasteiger partial charge in [-0.3, -0.25) is 4.79 Å². The number of nitrogens with one attached hydrogen (secondary N) is 1. The van der Waals surface area contributed by atoms with Crippen LogP contribution in [0.1, 0.15) is 68.6 Å². The Balaban J connectivity index is 2.01. The number of carbonyl (C=O) groups is 1. The molecule has 0 aromatic carbocycles. The first-order valence-electron chi connectivity index (χ1n) is 7.63. The Kier molecular flexibility index (Phi) is 9.05. The van der Waals surface area contributed by atoms with E-state index < -0.39 is 0 Å². The molecular weight excluding hydrogens is 272 g/mol. The maximum atomic E-state index is 11.8. The summed E-state index contributed by atoms with van der Waals surface area (Å²) in [5, 5.41) is 3.31. The van der Waals surface area contributed by atoms with Crippen LogP contribution in [-0.2, 0) is 0 Å². The average Bonchev–Trinajstić information content (AvgIpc) is 2.46. The second-order valence-electron chi connectivity index (χ2n) is 5.10. The van der Waals surface area contributed by atoms with Gasteiger partial charge in [-0.05, 0) is 18.6 Å². The standard InChI is InChI=1S/C16H25ClN2O/c1-2-3-4-5-6-7-8-9-12-18-16(20)14-10-11-15(17)19-13-14/h10-11,13H,2-9,12H2,1H3,(H,18,20). The van der Waals surface area contributed by atoms with E-state index in [4.69, 9.17) is 11.6 Å². The van der Waals surface area contributed by atoms with Crippen LogP contribution in [0.3, 0.4) is 0 Å². The lowest BCUT2D eigenvalue weighted by molar-refractivity contribution is 0.0952. The van der Waals surface area contributed by atoms with Crippen LogP contribution < -0.4 is 5.32 Å². The molecule has 0 aliphatic heterocycles. The van der Waals surface area contributed by atoms with Gasteiger partial charge in [0, 0.05) is 12.7 Å². The van der Waals surface area contributed by atoms with E-state index >= 15 is 0 Å². The zero-order chi connectivity index (χ0) is 14.6. The van der Waals surface area contributed by atoms with E-state index in [0.29, 0.717) is 10.7 Å². The van der Waals surface area contributed by atoms with Crippen molar-refractivity contribution in [3.63, 3.8) is 0 Å². The smallest absolute Gasteiger partial charge is 0.252 e. The minimum absolute atomic E-state index is 0.0721. The predicted molar refractivity (Wildman–Crippen MR) is 84.2 cm³/mol. The Hall–Kier alpha value is -1.09. The summed E-state index contributed by atoms with van der Waals surface area (Å²) < 4.78 is 0. The maximum absolute atomic E-state index is 11.8. The summed E-state index contributed by atoms with van der Waals surface area (Å²) in [5.74, 6) is -0.0721. The quantitative estimate of drug-likeness (QED) is 0.506. The molecule has 1 aromatic heterocycles. The highest BCUT2D eigenvalue weighted by molar-refractivity contribution is 6.29. The first kappa shape index (κ1) is 17.0. The van der Waals surface area contributed by atoms with Gasteiger partial charge in [-0.25, -0.2) is 4.98 Å². The van der Waals surface area contributed by atoms with E-state index in [-0.39, 0.29) is 5.91 Å². The summed E-state index contributed by atoms with van der Waals surface area (Å²) in [6, 6.07) is 3.32. The molecule has 1 aromatic rings. The number of hydrogen-bond acceptors (Lipinski definition) is 2. The molecule has 4 heteroatoms. The molecule has 0 atom stereocenters. The Morgan fingerprint density at radius 1 is 1.10 bits per heavy atom. The minimum atomic E-state index is -0.0721. The van der Waals surface area contributed by atoms with Crippen LogP contribution in [0.5, 0.6) is 0 Å². The number of pyridine rings is 1. The summed E-state index contributed by atoms with van der Waals surface area (Å²) in [6.07, 6.45) is 11.7. The molecule has 1 heterocycles. The monoisotopic (exact) mass is 296 g/mol. The van der Waals surface area contributed by atoms with Gasteiger partial charge in [0.2, 0.25) is 0 Å². The summed E-state index contributed by atoms with van der Waals surface area (Å²) in [7, 11) is 0. The van der Waals surface area contributed by atoms with Gasteiger partial charge < -0.3 is 5.32 Å². The molecule has 1 N–H and O–H groups in total. The molecule has 0 saturated heterocycles. The second-order valence-corrected chi connectivity index (χ2v) is 5.49. The maximum Gasteiger partial charge on any atom is 0.252 e. The van der Waals surface area contributed by atoms with Gasteiger partial charge in [0.05, 0.1) is 5.56 Å². The van der Waals surface area contributed by atoms with Crippen LogP contribution in [-0.4, -0.2) is 17.4 Å². The molecule has 0 fully saturated rings. The van der Waals surface area contributed by atoms with Crippen molar-refractivity contribution in [3.8, 4) is 0 Å². The SMILES string of the molecule is CCCCCCCCCCNC(=O)c1ccc(Cl)nc1. The summed E-state index contributed by atoms with van der Waals surface area (Å²) in [5.41, 5.74) is 0.564.